The summed E-state index contributed by atoms with van der Waals surface area (Å²) in [7, 11) is 1.64. The Labute approximate surface area is 147 Å². The van der Waals surface area contributed by atoms with Crippen LogP contribution in [0.4, 0.5) is 0 Å². The van der Waals surface area contributed by atoms with E-state index in [2.05, 4.69) is 4.99 Å². The minimum Gasteiger partial charge on any atom is -0.497 e. The number of cyclic esters (lactones) is 1. The number of aliphatic imine (C=N–C) groups is 1. The van der Waals surface area contributed by atoms with E-state index in [9.17, 15) is 4.79 Å². The van der Waals surface area contributed by atoms with E-state index < -0.39 is 0 Å². The Morgan fingerprint density at radius 3 is 2.48 bits per heavy atom. The molecule has 1 aromatic carbocycles. The van der Waals surface area contributed by atoms with Gasteiger partial charge >= 0.3 is 5.97 Å². The van der Waals surface area contributed by atoms with Crippen LogP contribution in [0.3, 0.4) is 0 Å². The fourth-order valence-electron chi connectivity index (χ4n) is 5.90. The Kier molecular flexibility index (Phi) is 3.31. The normalized spacial score (nSPS) is 37.3. The van der Waals surface area contributed by atoms with Crippen molar-refractivity contribution in [3.05, 3.63) is 35.5 Å². The van der Waals surface area contributed by atoms with Crippen molar-refractivity contribution in [1.82, 2.24) is 0 Å². The minimum atomic E-state index is -0.312. The molecule has 1 heterocycles. The van der Waals surface area contributed by atoms with Crippen molar-refractivity contribution in [2.45, 2.75) is 38.5 Å². The molecule has 0 atom stereocenters. The van der Waals surface area contributed by atoms with Gasteiger partial charge in [0.25, 0.3) is 0 Å². The molecule has 130 valence electrons. The summed E-state index contributed by atoms with van der Waals surface area (Å²) in [5, 5.41) is 0. The second-order valence-electron chi connectivity index (χ2n) is 8.31. The second kappa shape index (κ2) is 5.45. The van der Waals surface area contributed by atoms with Gasteiger partial charge in [0.15, 0.2) is 5.70 Å². The van der Waals surface area contributed by atoms with E-state index in [0.29, 0.717) is 11.6 Å². The van der Waals surface area contributed by atoms with Crippen LogP contribution in [0, 0.1) is 23.2 Å². The van der Waals surface area contributed by atoms with Crippen molar-refractivity contribution >= 4 is 17.9 Å². The number of hydrogen-bond acceptors (Lipinski definition) is 4. The van der Waals surface area contributed by atoms with Crippen LogP contribution in [0.5, 0.6) is 5.75 Å². The maximum absolute atomic E-state index is 12.4. The molecule has 0 saturated heterocycles. The van der Waals surface area contributed by atoms with Crippen LogP contribution in [0.25, 0.3) is 6.08 Å². The number of carbonyl (C=O) groups excluding carboxylic acids is 1. The van der Waals surface area contributed by atoms with Gasteiger partial charge in [0.05, 0.1) is 7.11 Å². The highest BCUT2D eigenvalue weighted by atomic mass is 16.6. The van der Waals surface area contributed by atoms with Crippen molar-refractivity contribution in [3.8, 4) is 5.75 Å². The summed E-state index contributed by atoms with van der Waals surface area (Å²) in [4.78, 5) is 17.1. The van der Waals surface area contributed by atoms with Crippen molar-refractivity contribution in [2.24, 2.45) is 28.2 Å². The van der Waals surface area contributed by atoms with E-state index in [4.69, 9.17) is 9.47 Å². The number of ether oxygens (including phenoxy) is 2. The number of carbonyl (C=O) groups is 1. The lowest BCUT2D eigenvalue weighted by atomic mass is 9.49. The minimum absolute atomic E-state index is 0.0222. The lowest BCUT2D eigenvalue weighted by molar-refractivity contribution is -0.131. The van der Waals surface area contributed by atoms with E-state index in [1.54, 1.807) is 13.2 Å². The summed E-state index contributed by atoms with van der Waals surface area (Å²) < 4.78 is 10.9. The molecule has 4 heteroatoms. The number of nitrogens with zero attached hydrogens (tertiary/aromatic N) is 1. The number of methoxy groups -OCH3 is 1. The van der Waals surface area contributed by atoms with Gasteiger partial charge in [-0.15, -0.1) is 0 Å². The van der Waals surface area contributed by atoms with Crippen molar-refractivity contribution in [1.29, 1.82) is 0 Å². The molecule has 0 spiro atoms. The lowest BCUT2D eigenvalue weighted by Crippen LogP contribution is -2.50. The molecule has 1 aliphatic heterocycles. The molecule has 0 aromatic heterocycles. The summed E-state index contributed by atoms with van der Waals surface area (Å²) in [5.41, 5.74) is 1.34. The van der Waals surface area contributed by atoms with Crippen LogP contribution < -0.4 is 4.74 Å². The predicted molar refractivity (Wildman–Crippen MR) is 95.1 cm³/mol. The standard InChI is InChI=1S/C21H23NO3/c1-24-17-4-2-3-13(8-17)9-18-19(23)25-20(22-18)21-10-14-5-15(11-21)7-16(6-14)12-21/h2-4,8-9,14-16H,5-7,10-12H2,1H3/b18-9-. The molecule has 4 bridgehead atoms. The summed E-state index contributed by atoms with van der Waals surface area (Å²) in [6, 6.07) is 7.65. The molecular formula is C21H23NO3. The topological polar surface area (TPSA) is 47.9 Å². The molecule has 5 aliphatic rings. The average Bonchev–Trinajstić information content (AvgIpc) is 2.95. The first kappa shape index (κ1) is 15.2. The van der Waals surface area contributed by atoms with Gasteiger partial charge in [-0.3, -0.25) is 0 Å². The van der Waals surface area contributed by atoms with Crippen LogP contribution in [-0.2, 0) is 9.53 Å². The zero-order valence-electron chi connectivity index (χ0n) is 14.5. The van der Waals surface area contributed by atoms with Gasteiger partial charge in [-0.25, -0.2) is 9.79 Å². The highest BCUT2D eigenvalue weighted by Gasteiger charge is 2.55. The Morgan fingerprint density at radius 1 is 1.16 bits per heavy atom. The van der Waals surface area contributed by atoms with Gasteiger partial charge in [-0.1, -0.05) is 12.1 Å². The fourth-order valence-corrected chi connectivity index (χ4v) is 5.90. The maximum Gasteiger partial charge on any atom is 0.363 e. The Bertz CT molecular complexity index is 757. The smallest absolute Gasteiger partial charge is 0.363 e. The van der Waals surface area contributed by atoms with Crippen LogP contribution in [0.2, 0.25) is 0 Å². The first-order valence-electron chi connectivity index (χ1n) is 9.31. The third-order valence-electron chi connectivity index (χ3n) is 6.51. The molecule has 4 fully saturated rings. The summed E-state index contributed by atoms with van der Waals surface area (Å²) in [5.74, 6) is 3.57. The molecule has 4 aliphatic carbocycles. The van der Waals surface area contributed by atoms with E-state index in [1.807, 2.05) is 24.3 Å². The predicted octanol–water partition coefficient (Wildman–Crippen LogP) is 4.21. The third kappa shape index (κ3) is 2.50. The first-order chi connectivity index (χ1) is 12.1. The molecule has 4 nitrogen and oxygen atoms in total. The van der Waals surface area contributed by atoms with Crippen molar-refractivity contribution in [3.63, 3.8) is 0 Å². The van der Waals surface area contributed by atoms with Crippen LogP contribution >= 0.6 is 0 Å². The molecule has 0 radical (unpaired) electrons. The molecule has 25 heavy (non-hydrogen) atoms. The molecule has 4 saturated carbocycles. The first-order valence-corrected chi connectivity index (χ1v) is 9.31. The Morgan fingerprint density at radius 2 is 1.84 bits per heavy atom. The number of benzene rings is 1. The second-order valence-corrected chi connectivity index (χ2v) is 8.31. The number of hydrogen-bond donors (Lipinski definition) is 0. The SMILES string of the molecule is COc1cccc(/C=C2\N=C(C34CC5CC(CC(C5)C3)C4)OC2=O)c1. The van der Waals surface area contributed by atoms with Crippen molar-refractivity contribution in [2.75, 3.05) is 7.11 Å². The Hall–Kier alpha value is -2.10. The zero-order valence-corrected chi connectivity index (χ0v) is 14.5. The molecule has 6 rings (SSSR count). The van der Waals surface area contributed by atoms with Crippen molar-refractivity contribution < 1.29 is 14.3 Å². The van der Waals surface area contributed by atoms with Crippen LogP contribution in [0.15, 0.2) is 35.0 Å². The molecule has 0 amide bonds. The van der Waals surface area contributed by atoms with Gasteiger partial charge in [0.2, 0.25) is 5.90 Å². The largest absolute Gasteiger partial charge is 0.497 e. The molecular weight excluding hydrogens is 314 g/mol. The van der Waals surface area contributed by atoms with Gasteiger partial charge in [0, 0.05) is 5.41 Å². The van der Waals surface area contributed by atoms with E-state index in [0.717, 1.165) is 48.3 Å². The van der Waals surface area contributed by atoms with E-state index in [-0.39, 0.29) is 11.4 Å². The molecule has 0 unspecified atom stereocenters. The van der Waals surface area contributed by atoms with Gasteiger partial charge < -0.3 is 9.47 Å². The average molecular weight is 337 g/mol. The van der Waals surface area contributed by atoms with Gasteiger partial charge in [0.1, 0.15) is 5.75 Å². The molecule has 0 N–H and O–H groups in total. The van der Waals surface area contributed by atoms with Crippen LogP contribution in [0.1, 0.15) is 44.1 Å². The molecule has 1 aromatic rings. The quantitative estimate of drug-likeness (QED) is 0.613. The lowest BCUT2D eigenvalue weighted by Gasteiger charge is -2.55. The zero-order chi connectivity index (χ0) is 17.0. The highest BCUT2D eigenvalue weighted by Crippen LogP contribution is 2.61. The van der Waals surface area contributed by atoms with Gasteiger partial charge in [-0.2, -0.15) is 0 Å². The third-order valence-corrected chi connectivity index (χ3v) is 6.51. The fraction of sp³-hybridized carbons (Fsp3) is 0.524. The maximum atomic E-state index is 12.4. The summed E-state index contributed by atoms with van der Waals surface area (Å²) in [6.07, 6.45) is 9.36. The summed E-state index contributed by atoms with van der Waals surface area (Å²) in [6.45, 7) is 0. The van der Waals surface area contributed by atoms with E-state index >= 15 is 0 Å². The van der Waals surface area contributed by atoms with Gasteiger partial charge in [-0.05, 0) is 80.1 Å². The monoisotopic (exact) mass is 337 g/mol. The van der Waals surface area contributed by atoms with E-state index in [1.165, 1.54) is 19.3 Å². The number of rotatable bonds is 3. The highest BCUT2D eigenvalue weighted by molar-refractivity contribution is 6.09. The van der Waals surface area contributed by atoms with Crippen LogP contribution in [-0.4, -0.2) is 19.0 Å². The Balaban J connectivity index is 1.47. The number of esters is 1. The summed E-state index contributed by atoms with van der Waals surface area (Å²) >= 11 is 0.